The van der Waals surface area contributed by atoms with Gasteiger partial charge in [-0.1, -0.05) is 37.0 Å². The Morgan fingerprint density at radius 3 is 2.17 bits per heavy atom. The number of sulfone groups is 1. The second kappa shape index (κ2) is 5.98. The van der Waals surface area contributed by atoms with Gasteiger partial charge in [0.2, 0.25) is 9.84 Å². The second-order valence-electron chi connectivity index (χ2n) is 5.67. The molecule has 0 atom stereocenters. The highest BCUT2D eigenvalue weighted by Crippen LogP contribution is 2.31. The summed E-state index contributed by atoms with van der Waals surface area (Å²) in [5.74, 6) is -0.144. The predicted molar refractivity (Wildman–Crippen MR) is 92.3 cm³/mol. The summed E-state index contributed by atoms with van der Waals surface area (Å²) in [4.78, 5) is 12.7. The number of halogens is 2. The molecule has 24 heavy (non-hydrogen) atoms. The molecule has 0 radical (unpaired) electrons. The third-order valence-corrected chi connectivity index (χ3v) is 6.02. The Hall–Kier alpha value is -1.70. The van der Waals surface area contributed by atoms with Gasteiger partial charge < -0.3 is 4.57 Å². The number of fused-ring (bicyclic) bond motifs is 1. The summed E-state index contributed by atoms with van der Waals surface area (Å²) in [5.41, 5.74) is 1.24. The smallest absolute Gasteiger partial charge is 0.242 e. The van der Waals surface area contributed by atoms with E-state index in [-0.39, 0.29) is 16.0 Å². The van der Waals surface area contributed by atoms with Gasteiger partial charge in [-0.2, -0.15) is 0 Å². The number of hydrogen-bond donors (Lipinski definition) is 0. The summed E-state index contributed by atoms with van der Waals surface area (Å²) in [5, 5.41) is 0.597. The lowest BCUT2D eigenvalue weighted by Crippen LogP contribution is -2.14. The minimum atomic E-state index is -3.87. The van der Waals surface area contributed by atoms with Crippen LogP contribution in [0.5, 0.6) is 0 Å². The third kappa shape index (κ3) is 2.76. The first-order valence-corrected chi connectivity index (χ1v) is 9.34. The minimum Gasteiger partial charge on any atom is -0.325 e. The lowest BCUT2D eigenvalue weighted by atomic mass is 10.1. The average Bonchev–Trinajstić information content (AvgIpc) is 2.94. The summed E-state index contributed by atoms with van der Waals surface area (Å²) in [7, 11) is -2.25. The molecule has 2 aromatic heterocycles. The van der Waals surface area contributed by atoms with Crippen molar-refractivity contribution >= 4 is 44.1 Å². The van der Waals surface area contributed by atoms with Crippen LogP contribution in [0.1, 0.15) is 25.5 Å². The molecule has 0 aliphatic heterocycles. The Kier molecular flexibility index (Phi) is 4.27. The van der Waals surface area contributed by atoms with Gasteiger partial charge in [0.25, 0.3) is 0 Å². The number of imidazole rings is 1. The van der Waals surface area contributed by atoms with Crippen LogP contribution in [0.15, 0.2) is 34.7 Å². The molecule has 0 unspecified atom stereocenters. The number of benzene rings is 1. The zero-order chi connectivity index (χ0) is 17.6. The molecule has 0 saturated carbocycles. The van der Waals surface area contributed by atoms with E-state index in [1.807, 2.05) is 13.8 Å². The topological polar surface area (TPSA) is 77.7 Å². The molecule has 0 amide bonds. The molecule has 0 bridgehead atoms. The molecule has 9 heteroatoms. The van der Waals surface area contributed by atoms with Crippen molar-refractivity contribution < 1.29 is 8.42 Å². The first-order chi connectivity index (χ1) is 11.2. The SMILES string of the molecule is CC(C)c1nc2cc(Cl)c(Cl)cc2nc1S(=O)(=O)c1cncn1C. The van der Waals surface area contributed by atoms with E-state index >= 15 is 0 Å². The first kappa shape index (κ1) is 17.1. The van der Waals surface area contributed by atoms with E-state index in [2.05, 4.69) is 15.0 Å². The van der Waals surface area contributed by atoms with Gasteiger partial charge >= 0.3 is 0 Å². The Balaban J connectivity index is 2.36. The molecule has 0 fully saturated rings. The van der Waals surface area contributed by atoms with E-state index in [4.69, 9.17) is 23.2 Å². The fourth-order valence-electron chi connectivity index (χ4n) is 2.33. The Labute approximate surface area is 149 Å². The molecule has 6 nitrogen and oxygen atoms in total. The molecule has 0 spiro atoms. The van der Waals surface area contributed by atoms with Gasteiger partial charge in [-0.25, -0.2) is 23.4 Å². The van der Waals surface area contributed by atoms with Gasteiger partial charge in [0.1, 0.15) is 0 Å². The summed E-state index contributed by atoms with van der Waals surface area (Å²) in [6, 6.07) is 3.09. The predicted octanol–water partition coefficient (Wildman–Crippen LogP) is 3.63. The van der Waals surface area contributed by atoms with Crippen LogP contribution in [0.4, 0.5) is 0 Å². The number of hydrogen-bond acceptors (Lipinski definition) is 5. The molecule has 0 N–H and O–H groups in total. The summed E-state index contributed by atoms with van der Waals surface area (Å²) >= 11 is 12.0. The number of aryl methyl sites for hydroxylation is 1. The normalized spacial score (nSPS) is 12.2. The highest BCUT2D eigenvalue weighted by molar-refractivity contribution is 7.91. The van der Waals surface area contributed by atoms with Crippen molar-refractivity contribution in [3.05, 3.63) is 40.4 Å². The monoisotopic (exact) mass is 384 g/mol. The van der Waals surface area contributed by atoms with Crippen LogP contribution in [0.3, 0.4) is 0 Å². The number of rotatable bonds is 3. The van der Waals surface area contributed by atoms with E-state index in [0.29, 0.717) is 26.8 Å². The van der Waals surface area contributed by atoms with Gasteiger partial charge in [0, 0.05) is 7.05 Å². The van der Waals surface area contributed by atoms with Crippen molar-refractivity contribution in [3.8, 4) is 0 Å². The van der Waals surface area contributed by atoms with E-state index in [9.17, 15) is 8.42 Å². The maximum atomic E-state index is 13.0. The van der Waals surface area contributed by atoms with Gasteiger partial charge in [-0.15, -0.1) is 0 Å². The van der Waals surface area contributed by atoms with E-state index < -0.39 is 9.84 Å². The molecule has 3 rings (SSSR count). The summed E-state index contributed by atoms with van der Waals surface area (Å²) in [6.07, 6.45) is 2.72. The van der Waals surface area contributed by atoms with Crippen LogP contribution in [0.25, 0.3) is 11.0 Å². The average molecular weight is 385 g/mol. The van der Waals surface area contributed by atoms with Crippen molar-refractivity contribution in [2.45, 2.75) is 29.8 Å². The summed E-state index contributed by atoms with van der Waals surface area (Å²) < 4.78 is 27.5. The van der Waals surface area contributed by atoms with E-state index in [0.717, 1.165) is 0 Å². The second-order valence-corrected chi connectivity index (χ2v) is 8.30. The van der Waals surface area contributed by atoms with Crippen LogP contribution in [-0.4, -0.2) is 27.9 Å². The molecule has 0 aliphatic rings. The Bertz CT molecular complexity index is 1050. The minimum absolute atomic E-state index is 0.0538. The molecule has 1 aromatic carbocycles. The highest BCUT2D eigenvalue weighted by atomic mass is 35.5. The van der Waals surface area contributed by atoms with Gasteiger partial charge in [-0.05, 0) is 18.1 Å². The van der Waals surface area contributed by atoms with Crippen LogP contribution >= 0.6 is 23.2 Å². The number of aromatic nitrogens is 4. The van der Waals surface area contributed by atoms with Crippen molar-refractivity contribution in [1.82, 2.24) is 19.5 Å². The zero-order valence-corrected chi connectivity index (χ0v) is 15.5. The van der Waals surface area contributed by atoms with Gasteiger partial charge in [0.15, 0.2) is 10.1 Å². The van der Waals surface area contributed by atoms with Crippen LogP contribution in [0, 0.1) is 0 Å². The molecule has 126 valence electrons. The quantitative estimate of drug-likeness (QED) is 0.688. The molecule has 2 heterocycles. The molecule has 0 saturated heterocycles. The molecular weight excluding hydrogens is 371 g/mol. The van der Waals surface area contributed by atoms with E-state index in [1.54, 1.807) is 13.1 Å². The zero-order valence-electron chi connectivity index (χ0n) is 13.2. The fourth-order valence-corrected chi connectivity index (χ4v) is 4.24. The van der Waals surface area contributed by atoms with Crippen molar-refractivity contribution in [3.63, 3.8) is 0 Å². The molecular formula is C15H14Cl2N4O2S. The molecule has 0 aliphatic carbocycles. The first-order valence-electron chi connectivity index (χ1n) is 7.10. The van der Waals surface area contributed by atoms with Crippen LogP contribution in [0.2, 0.25) is 10.0 Å². The lowest BCUT2D eigenvalue weighted by molar-refractivity contribution is 0.578. The fraction of sp³-hybridized carbons (Fsp3) is 0.267. The largest absolute Gasteiger partial charge is 0.325 e. The Morgan fingerprint density at radius 2 is 1.67 bits per heavy atom. The van der Waals surface area contributed by atoms with Crippen LogP contribution in [-0.2, 0) is 16.9 Å². The standard InChI is InChI=1S/C15H14Cl2N4O2S/c1-8(2)14-15(24(22,23)13-6-18-7-21(13)3)20-12-5-10(17)9(16)4-11(12)19-14/h4-8H,1-3H3. The van der Waals surface area contributed by atoms with E-state index in [1.165, 1.54) is 23.2 Å². The van der Waals surface area contributed by atoms with Crippen molar-refractivity contribution in [2.75, 3.05) is 0 Å². The Morgan fingerprint density at radius 1 is 1.08 bits per heavy atom. The molecule has 3 aromatic rings. The third-order valence-electron chi connectivity index (χ3n) is 3.55. The van der Waals surface area contributed by atoms with Crippen LogP contribution < -0.4 is 0 Å². The number of nitrogens with zero attached hydrogens (tertiary/aromatic N) is 4. The van der Waals surface area contributed by atoms with Crippen molar-refractivity contribution in [2.24, 2.45) is 7.05 Å². The van der Waals surface area contributed by atoms with Crippen molar-refractivity contribution in [1.29, 1.82) is 0 Å². The van der Waals surface area contributed by atoms with Gasteiger partial charge in [-0.3, -0.25) is 0 Å². The maximum Gasteiger partial charge on any atom is 0.242 e. The lowest BCUT2D eigenvalue weighted by Gasteiger charge is -2.13. The summed E-state index contributed by atoms with van der Waals surface area (Å²) in [6.45, 7) is 3.71. The maximum absolute atomic E-state index is 13.0. The van der Waals surface area contributed by atoms with Gasteiger partial charge in [0.05, 0.1) is 39.3 Å². The highest BCUT2D eigenvalue weighted by Gasteiger charge is 2.29.